The van der Waals surface area contributed by atoms with Crippen molar-refractivity contribution in [3.8, 4) is 22.4 Å². The molecule has 0 saturated heterocycles. The van der Waals surface area contributed by atoms with E-state index in [-0.39, 0.29) is 11.3 Å². The molecule has 0 bridgehead atoms. The predicted octanol–water partition coefficient (Wildman–Crippen LogP) is 5.46. The highest BCUT2D eigenvalue weighted by atomic mass is 79.9. The summed E-state index contributed by atoms with van der Waals surface area (Å²) in [7, 11) is 0. The van der Waals surface area contributed by atoms with Crippen LogP contribution in [0.25, 0.3) is 22.4 Å². The molecule has 0 amide bonds. The van der Waals surface area contributed by atoms with Crippen LogP contribution in [-0.4, -0.2) is 13.7 Å². The number of hydrogen-bond acceptors (Lipinski definition) is 3. The molecule has 3 nitrogen and oxygen atoms in total. The average Bonchev–Trinajstić information content (AvgIpc) is 2.55. The lowest BCUT2D eigenvalue weighted by Crippen LogP contribution is -1.98. The van der Waals surface area contributed by atoms with Gasteiger partial charge in [0.1, 0.15) is 5.82 Å². The van der Waals surface area contributed by atoms with Crippen molar-refractivity contribution in [2.24, 2.45) is 0 Å². The molecule has 1 aromatic heterocycles. The zero-order valence-electron chi connectivity index (χ0n) is 12.7. The van der Waals surface area contributed by atoms with Gasteiger partial charge in [0, 0.05) is 32.0 Å². The molecule has 0 fully saturated rings. The maximum atomic E-state index is 14.2. The average molecular weight is 484 g/mol. The van der Waals surface area contributed by atoms with E-state index in [2.05, 4.69) is 36.8 Å². The van der Waals surface area contributed by atoms with Gasteiger partial charge in [-0.25, -0.2) is 4.39 Å². The topological polar surface area (TPSA) is 53.0 Å². The monoisotopic (exact) mass is 482 g/mol. The van der Waals surface area contributed by atoms with Crippen LogP contribution >= 0.6 is 31.9 Å². The zero-order chi connectivity index (χ0) is 18.0. The Morgan fingerprint density at radius 1 is 1.04 bits per heavy atom. The van der Waals surface area contributed by atoms with Gasteiger partial charge in [-0.15, -0.1) is 0 Å². The number of benzene rings is 2. The van der Waals surface area contributed by atoms with Crippen molar-refractivity contribution >= 4 is 42.9 Å². The van der Waals surface area contributed by atoms with Crippen LogP contribution in [0.2, 0.25) is 0 Å². The normalized spacial score (nSPS) is 12.2. The fourth-order valence-electron chi connectivity index (χ4n) is 2.52. The van der Waals surface area contributed by atoms with Gasteiger partial charge in [0.15, 0.2) is 0 Å². The van der Waals surface area contributed by atoms with Crippen LogP contribution in [0.5, 0.6) is 0 Å². The molecule has 3 rings (SSSR count). The fourth-order valence-corrected chi connectivity index (χ4v) is 4.30. The molecule has 1 heterocycles. The van der Waals surface area contributed by atoms with Crippen LogP contribution < -0.4 is 0 Å². The molecule has 0 spiro atoms. The molecule has 1 atom stereocenters. The highest BCUT2D eigenvalue weighted by Crippen LogP contribution is 2.34. The summed E-state index contributed by atoms with van der Waals surface area (Å²) < 4.78 is 37.6. The van der Waals surface area contributed by atoms with Crippen molar-refractivity contribution in [2.45, 2.75) is 5.75 Å². The molecule has 0 saturated carbocycles. The van der Waals surface area contributed by atoms with Crippen LogP contribution in [0.1, 0.15) is 5.56 Å². The first kappa shape index (κ1) is 18.4. The lowest BCUT2D eigenvalue weighted by atomic mass is 9.99. The van der Waals surface area contributed by atoms with Gasteiger partial charge in [-0.1, -0.05) is 61.1 Å². The summed E-state index contributed by atoms with van der Waals surface area (Å²) in [6.07, 6.45) is 1.64. The number of aromatic nitrogens is 1. The van der Waals surface area contributed by atoms with Gasteiger partial charge < -0.3 is 4.55 Å². The summed E-state index contributed by atoms with van der Waals surface area (Å²) in [5.41, 5.74) is 3.13. The van der Waals surface area contributed by atoms with Crippen LogP contribution in [0.15, 0.2) is 63.7 Å². The van der Waals surface area contributed by atoms with Crippen LogP contribution in [-0.2, 0) is 16.8 Å². The fraction of sp³-hybridized carbons (Fsp3) is 0.0556. The number of hydrogen-bond donors (Lipinski definition) is 0. The third-order valence-electron chi connectivity index (χ3n) is 3.58. The number of nitrogens with zero attached hydrogens (tertiary/aromatic N) is 1. The van der Waals surface area contributed by atoms with Crippen molar-refractivity contribution in [1.29, 1.82) is 0 Å². The SMILES string of the molecule is O=S([O-])Cc1ccc(-c2ncccc2-c2cc(Br)cc(Br)c2)cc1F. The predicted molar refractivity (Wildman–Crippen MR) is 103 cm³/mol. The van der Waals surface area contributed by atoms with Crippen molar-refractivity contribution in [2.75, 3.05) is 0 Å². The minimum atomic E-state index is -2.33. The Labute approximate surface area is 163 Å². The van der Waals surface area contributed by atoms with Crippen LogP contribution in [0, 0.1) is 5.82 Å². The second-order valence-electron chi connectivity index (χ2n) is 5.31. The van der Waals surface area contributed by atoms with E-state index < -0.39 is 16.9 Å². The number of pyridine rings is 1. The minimum Gasteiger partial charge on any atom is -0.772 e. The van der Waals surface area contributed by atoms with E-state index in [4.69, 9.17) is 0 Å². The molecule has 7 heteroatoms. The van der Waals surface area contributed by atoms with E-state index in [1.165, 1.54) is 12.1 Å². The maximum Gasteiger partial charge on any atom is 0.127 e. The van der Waals surface area contributed by atoms with Crippen molar-refractivity contribution in [1.82, 2.24) is 4.98 Å². The Morgan fingerprint density at radius 2 is 1.76 bits per heavy atom. The first-order valence-electron chi connectivity index (χ1n) is 7.20. The van der Waals surface area contributed by atoms with Gasteiger partial charge in [0.05, 0.1) is 5.69 Å². The van der Waals surface area contributed by atoms with Crippen LogP contribution in [0.4, 0.5) is 4.39 Å². The van der Waals surface area contributed by atoms with Gasteiger partial charge >= 0.3 is 0 Å². The molecule has 3 aromatic rings. The molecule has 25 heavy (non-hydrogen) atoms. The standard InChI is InChI=1S/C18H12Br2FNO2S/c19-14-6-13(7-15(20)9-14)16-2-1-5-22-18(16)11-3-4-12(10-25(23)24)17(21)8-11/h1-9H,10H2,(H,23,24)/p-1. The van der Waals surface area contributed by atoms with E-state index in [1.807, 2.05) is 30.3 Å². The van der Waals surface area contributed by atoms with E-state index in [0.29, 0.717) is 11.3 Å². The van der Waals surface area contributed by atoms with Gasteiger partial charge in [-0.05, 0) is 41.5 Å². The van der Waals surface area contributed by atoms with Crippen molar-refractivity contribution < 1.29 is 13.2 Å². The molecule has 0 aliphatic heterocycles. The van der Waals surface area contributed by atoms with Gasteiger partial charge in [0.2, 0.25) is 0 Å². The van der Waals surface area contributed by atoms with Gasteiger partial charge in [0.25, 0.3) is 0 Å². The summed E-state index contributed by atoms with van der Waals surface area (Å²) in [6.45, 7) is 0. The smallest absolute Gasteiger partial charge is 0.127 e. The zero-order valence-corrected chi connectivity index (χ0v) is 16.7. The first-order chi connectivity index (χ1) is 11.9. The third-order valence-corrected chi connectivity index (χ3v) is 5.04. The molecule has 0 aliphatic carbocycles. The quantitative estimate of drug-likeness (QED) is 0.463. The number of halogens is 3. The lowest BCUT2D eigenvalue weighted by molar-refractivity contribution is 0.533. The molecular formula is C18H11Br2FNO2S-. The summed E-state index contributed by atoms with van der Waals surface area (Å²) in [4.78, 5) is 4.40. The Hall–Kier alpha value is -1.41. The summed E-state index contributed by atoms with van der Waals surface area (Å²) in [5.74, 6) is -0.909. The lowest BCUT2D eigenvalue weighted by Gasteiger charge is -2.12. The third kappa shape index (κ3) is 4.41. The molecular weight excluding hydrogens is 473 g/mol. The summed E-state index contributed by atoms with van der Waals surface area (Å²) in [6, 6.07) is 14.1. The molecule has 1 unspecified atom stereocenters. The maximum absolute atomic E-state index is 14.2. The molecule has 0 radical (unpaired) electrons. The highest BCUT2D eigenvalue weighted by Gasteiger charge is 2.12. The Kier molecular flexibility index (Phi) is 5.78. The summed E-state index contributed by atoms with van der Waals surface area (Å²) in [5, 5.41) is 0. The molecule has 2 aromatic carbocycles. The second kappa shape index (κ2) is 7.86. The van der Waals surface area contributed by atoms with E-state index in [0.717, 1.165) is 20.1 Å². The van der Waals surface area contributed by atoms with Gasteiger partial charge in [-0.2, -0.15) is 0 Å². The van der Waals surface area contributed by atoms with Gasteiger partial charge in [-0.3, -0.25) is 9.19 Å². The Morgan fingerprint density at radius 3 is 2.40 bits per heavy atom. The van der Waals surface area contributed by atoms with Crippen molar-refractivity contribution in [3.63, 3.8) is 0 Å². The van der Waals surface area contributed by atoms with E-state index in [1.54, 1.807) is 12.3 Å². The number of rotatable bonds is 4. The molecule has 128 valence electrons. The van der Waals surface area contributed by atoms with Crippen molar-refractivity contribution in [3.05, 3.63) is 75.1 Å². The Balaban J connectivity index is 2.10. The largest absolute Gasteiger partial charge is 0.772 e. The first-order valence-corrected chi connectivity index (χ1v) is 10.0. The van der Waals surface area contributed by atoms with E-state index in [9.17, 15) is 13.2 Å². The highest BCUT2D eigenvalue weighted by molar-refractivity contribution is 9.11. The molecule has 0 N–H and O–H groups in total. The van der Waals surface area contributed by atoms with Crippen LogP contribution in [0.3, 0.4) is 0 Å². The molecule has 0 aliphatic rings. The second-order valence-corrected chi connectivity index (χ2v) is 8.04. The minimum absolute atomic E-state index is 0.139. The van der Waals surface area contributed by atoms with E-state index >= 15 is 0 Å². The Bertz CT molecular complexity index is 945. The summed E-state index contributed by atoms with van der Waals surface area (Å²) >= 11 is 4.60.